The molecule has 0 saturated heterocycles. The molecule has 1 aromatic rings. The van der Waals surface area contributed by atoms with Gasteiger partial charge in [0.2, 0.25) is 0 Å². The van der Waals surface area contributed by atoms with Gasteiger partial charge < -0.3 is 10.1 Å². The fourth-order valence-corrected chi connectivity index (χ4v) is 0.906. The first kappa shape index (κ1) is 11.2. The van der Waals surface area contributed by atoms with Crippen molar-refractivity contribution in [3.63, 3.8) is 0 Å². The van der Waals surface area contributed by atoms with Gasteiger partial charge in [0.25, 0.3) is 0 Å². The maximum absolute atomic E-state index is 11.2. The molecule has 0 aliphatic carbocycles. The number of aromatic nitrogens is 1. The molecule has 0 spiro atoms. The van der Waals surface area contributed by atoms with Crippen molar-refractivity contribution >= 4 is 17.7 Å². The molecule has 0 atom stereocenters. The van der Waals surface area contributed by atoms with E-state index in [0.29, 0.717) is 5.82 Å². The van der Waals surface area contributed by atoms with E-state index in [-0.39, 0.29) is 6.61 Å². The molecular weight excluding hydrogens is 196 g/mol. The minimum atomic E-state index is -0.903. The van der Waals surface area contributed by atoms with E-state index in [0.717, 1.165) is 5.56 Å². The van der Waals surface area contributed by atoms with E-state index >= 15 is 0 Å². The summed E-state index contributed by atoms with van der Waals surface area (Å²) in [7, 11) is 0. The van der Waals surface area contributed by atoms with Crippen LogP contribution in [0.2, 0.25) is 0 Å². The van der Waals surface area contributed by atoms with Crippen LogP contribution in [0.25, 0.3) is 0 Å². The molecule has 0 fully saturated rings. The number of carbonyl (C=O) groups is 2. The predicted molar refractivity (Wildman–Crippen MR) is 54.2 cm³/mol. The highest BCUT2D eigenvalue weighted by Crippen LogP contribution is 2.03. The molecular formula is C10H12N2O3. The lowest BCUT2D eigenvalue weighted by Gasteiger charge is -2.03. The summed E-state index contributed by atoms with van der Waals surface area (Å²) in [6, 6.07) is 3.40. The second-order valence-corrected chi connectivity index (χ2v) is 2.90. The normalized spacial score (nSPS) is 9.47. The van der Waals surface area contributed by atoms with Gasteiger partial charge >= 0.3 is 11.9 Å². The highest BCUT2D eigenvalue weighted by molar-refractivity contribution is 6.37. The third-order valence-electron chi connectivity index (χ3n) is 1.61. The molecule has 0 radical (unpaired) electrons. The average Bonchev–Trinajstić information content (AvgIpc) is 2.22. The summed E-state index contributed by atoms with van der Waals surface area (Å²) >= 11 is 0. The van der Waals surface area contributed by atoms with Crippen LogP contribution in [0.1, 0.15) is 12.5 Å². The molecule has 0 saturated carbocycles. The lowest BCUT2D eigenvalue weighted by molar-refractivity contribution is -0.152. The van der Waals surface area contributed by atoms with Gasteiger partial charge in [-0.3, -0.25) is 4.79 Å². The average molecular weight is 208 g/mol. The largest absolute Gasteiger partial charge is 0.459 e. The van der Waals surface area contributed by atoms with Crippen LogP contribution >= 0.6 is 0 Å². The second-order valence-electron chi connectivity index (χ2n) is 2.90. The van der Waals surface area contributed by atoms with E-state index in [9.17, 15) is 9.59 Å². The topological polar surface area (TPSA) is 68.3 Å². The van der Waals surface area contributed by atoms with Crippen molar-refractivity contribution in [1.82, 2.24) is 4.98 Å². The van der Waals surface area contributed by atoms with Crippen molar-refractivity contribution < 1.29 is 14.3 Å². The number of pyridine rings is 1. The monoisotopic (exact) mass is 208 g/mol. The number of anilines is 1. The molecule has 0 bridgehead atoms. The summed E-state index contributed by atoms with van der Waals surface area (Å²) in [5.41, 5.74) is 0.976. The lowest BCUT2D eigenvalue weighted by atomic mass is 10.3. The number of nitrogens with one attached hydrogen (secondary N) is 1. The van der Waals surface area contributed by atoms with Crippen LogP contribution < -0.4 is 5.32 Å². The maximum Gasteiger partial charge on any atom is 0.397 e. The molecule has 80 valence electrons. The highest BCUT2D eigenvalue weighted by Gasteiger charge is 2.14. The third kappa shape index (κ3) is 3.38. The molecule has 0 unspecified atom stereocenters. The van der Waals surface area contributed by atoms with Crippen molar-refractivity contribution in [2.24, 2.45) is 0 Å². The molecule has 0 aliphatic rings. The number of hydrogen-bond donors (Lipinski definition) is 1. The second kappa shape index (κ2) is 5.09. The molecule has 1 N–H and O–H groups in total. The maximum atomic E-state index is 11.2. The van der Waals surface area contributed by atoms with Gasteiger partial charge in [-0.1, -0.05) is 6.07 Å². The minimum absolute atomic E-state index is 0.174. The van der Waals surface area contributed by atoms with Gasteiger partial charge in [-0.15, -0.1) is 0 Å². The molecule has 15 heavy (non-hydrogen) atoms. The molecule has 5 heteroatoms. The van der Waals surface area contributed by atoms with Crippen molar-refractivity contribution in [2.75, 3.05) is 11.9 Å². The van der Waals surface area contributed by atoms with E-state index in [4.69, 9.17) is 0 Å². The Labute approximate surface area is 87.5 Å². The van der Waals surface area contributed by atoms with Crippen LogP contribution in [0.3, 0.4) is 0 Å². The summed E-state index contributed by atoms with van der Waals surface area (Å²) in [6.07, 6.45) is 1.60. The van der Waals surface area contributed by atoms with E-state index in [1.165, 1.54) is 0 Å². The molecule has 1 rings (SSSR count). The van der Waals surface area contributed by atoms with E-state index < -0.39 is 11.9 Å². The Hall–Kier alpha value is -1.91. The Morgan fingerprint density at radius 1 is 1.47 bits per heavy atom. The zero-order valence-electron chi connectivity index (χ0n) is 8.61. The minimum Gasteiger partial charge on any atom is -0.459 e. The Kier molecular flexibility index (Phi) is 3.79. The van der Waals surface area contributed by atoms with Crippen LogP contribution in [0.4, 0.5) is 5.82 Å². The van der Waals surface area contributed by atoms with Gasteiger partial charge in [0.05, 0.1) is 6.61 Å². The molecule has 1 amide bonds. The standard InChI is InChI=1S/C10H12N2O3/c1-3-15-10(14)9(13)12-8-5-4-7(2)6-11-8/h4-6H,3H2,1-2H3,(H,11,12,13). The SMILES string of the molecule is CCOC(=O)C(=O)Nc1ccc(C)cn1. The van der Waals surface area contributed by atoms with Crippen LogP contribution in [-0.4, -0.2) is 23.5 Å². The van der Waals surface area contributed by atoms with Crippen LogP contribution in [0.15, 0.2) is 18.3 Å². The predicted octanol–water partition coefficient (Wildman–Crippen LogP) is 0.892. The first-order chi connectivity index (χ1) is 7.13. The summed E-state index contributed by atoms with van der Waals surface area (Å²) in [4.78, 5) is 26.0. The third-order valence-corrected chi connectivity index (χ3v) is 1.61. The number of carbonyl (C=O) groups excluding carboxylic acids is 2. The van der Waals surface area contributed by atoms with Crippen molar-refractivity contribution in [3.05, 3.63) is 23.9 Å². The fraction of sp³-hybridized carbons (Fsp3) is 0.300. The van der Waals surface area contributed by atoms with Crippen LogP contribution in [-0.2, 0) is 14.3 Å². The van der Waals surface area contributed by atoms with Crippen LogP contribution in [0.5, 0.6) is 0 Å². The number of aryl methyl sites for hydroxylation is 1. The molecule has 0 aromatic carbocycles. The van der Waals surface area contributed by atoms with Gasteiger partial charge in [-0.05, 0) is 25.5 Å². The zero-order valence-corrected chi connectivity index (χ0v) is 8.61. The van der Waals surface area contributed by atoms with Gasteiger partial charge in [0, 0.05) is 6.20 Å². The number of rotatable bonds is 2. The number of amides is 1. The number of ether oxygens (including phenoxy) is 1. The summed E-state index contributed by atoms with van der Waals surface area (Å²) < 4.78 is 4.52. The summed E-state index contributed by atoms with van der Waals surface area (Å²) in [5.74, 6) is -1.38. The Balaban J connectivity index is 2.58. The Morgan fingerprint density at radius 3 is 2.73 bits per heavy atom. The van der Waals surface area contributed by atoms with Crippen molar-refractivity contribution in [1.29, 1.82) is 0 Å². The van der Waals surface area contributed by atoms with E-state index in [1.807, 2.05) is 6.92 Å². The van der Waals surface area contributed by atoms with E-state index in [2.05, 4.69) is 15.0 Å². The fourth-order valence-electron chi connectivity index (χ4n) is 0.906. The molecule has 0 aliphatic heterocycles. The molecule has 5 nitrogen and oxygen atoms in total. The van der Waals surface area contributed by atoms with Crippen molar-refractivity contribution in [3.8, 4) is 0 Å². The lowest BCUT2D eigenvalue weighted by Crippen LogP contribution is -2.25. The smallest absolute Gasteiger partial charge is 0.397 e. The summed E-state index contributed by atoms with van der Waals surface area (Å²) in [5, 5.41) is 2.33. The summed E-state index contributed by atoms with van der Waals surface area (Å²) in [6.45, 7) is 3.69. The Morgan fingerprint density at radius 2 is 2.20 bits per heavy atom. The van der Waals surface area contributed by atoms with Crippen LogP contribution in [0, 0.1) is 6.92 Å². The number of esters is 1. The van der Waals surface area contributed by atoms with Gasteiger partial charge in [0.15, 0.2) is 0 Å². The Bertz CT molecular complexity index is 359. The van der Waals surface area contributed by atoms with E-state index in [1.54, 1.807) is 25.3 Å². The highest BCUT2D eigenvalue weighted by atomic mass is 16.5. The van der Waals surface area contributed by atoms with Crippen molar-refractivity contribution in [2.45, 2.75) is 13.8 Å². The van der Waals surface area contributed by atoms with Gasteiger partial charge in [-0.25, -0.2) is 9.78 Å². The zero-order chi connectivity index (χ0) is 11.3. The molecule has 1 heterocycles. The first-order valence-corrected chi connectivity index (χ1v) is 4.54. The quantitative estimate of drug-likeness (QED) is 0.579. The number of hydrogen-bond acceptors (Lipinski definition) is 4. The van der Waals surface area contributed by atoms with Gasteiger partial charge in [0.1, 0.15) is 5.82 Å². The first-order valence-electron chi connectivity index (χ1n) is 4.54. The molecule has 1 aromatic heterocycles. The van der Waals surface area contributed by atoms with Gasteiger partial charge in [-0.2, -0.15) is 0 Å². The number of nitrogens with zero attached hydrogens (tertiary/aromatic N) is 1.